The van der Waals surface area contributed by atoms with Crippen molar-refractivity contribution < 1.29 is 33.0 Å². The molecule has 0 amide bonds. The second kappa shape index (κ2) is 9.00. The zero-order valence-electron chi connectivity index (χ0n) is 14.0. The van der Waals surface area contributed by atoms with Crippen molar-refractivity contribution in [2.75, 3.05) is 13.2 Å². The number of hydrogen-bond acceptors (Lipinski definition) is 6. The smallest absolute Gasteiger partial charge is 0.465 e. The van der Waals surface area contributed by atoms with Gasteiger partial charge in [-0.15, -0.1) is 0 Å². The van der Waals surface area contributed by atoms with Gasteiger partial charge in [-0.2, -0.15) is 0 Å². The molecule has 0 N–H and O–H groups in total. The van der Waals surface area contributed by atoms with E-state index < -0.39 is 23.5 Å². The predicted octanol–water partition coefficient (Wildman–Crippen LogP) is 3.03. The van der Waals surface area contributed by atoms with E-state index in [1.807, 2.05) is 0 Å². The number of carbonyl (C=O) groups is 3. The maximum absolute atomic E-state index is 12.9. The van der Waals surface area contributed by atoms with Gasteiger partial charge in [-0.3, -0.25) is 9.59 Å². The van der Waals surface area contributed by atoms with Crippen LogP contribution in [0.15, 0.2) is 24.3 Å². The third-order valence-corrected chi connectivity index (χ3v) is 3.44. The van der Waals surface area contributed by atoms with Gasteiger partial charge < -0.3 is 14.2 Å². The SMILES string of the molecule is CCOC(=O)OC(=O)C(C)(CCc1ccc(F)cc1)C(=O)OCC. The molecule has 0 aliphatic carbocycles. The summed E-state index contributed by atoms with van der Waals surface area (Å²) in [6.45, 7) is 4.63. The first kappa shape index (κ1) is 19.6. The highest BCUT2D eigenvalue weighted by Crippen LogP contribution is 2.28. The van der Waals surface area contributed by atoms with Crippen LogP contribution in [0, 0.1) is 11.2 Å². The molecule has 0 saturated heterocycles. The third-order valence-electron chi connectivity index (χ3n) is 3.44. The topological polar surface area (TPSA) is 78.9 Å². The summed E-state index contributed by atoms with van der Waals surface area (Å²) in [5, 5.41) is 0. The van der Waals surface area contributed by atoms with Gasteiger partial charge in [0.15, 0.2) is 5.41 Å². The molecule has 0 aliphatic rings. The Bertz CT molecular complexity index is 583. The van der Waals surface area contributed by atoms with Crippen molar-refractivity contribution in [3.63, 3.8) is 0 Å². The van der Waals surface area contributed by atoms with Gasteiger partial charge in [0.05, 0.1) is 13.2 Å². The molecule has 1 unspecified atom stereocenters. The van der Waals surface area contributed by atoms with Crippen molar-refractivity contribution >= 4 is 18.1 Å². The quantitative estimate of drug-likeness (QED) is 0.561. The predicted molar refractivity (Wildman–Crippen MR) is 82.6 cm³/mol. The summed E-state index contributed by atoms with van der Waals surface area (Å²) in [5.41, 5.74) is -0.937. The average Bonchev–Trinajstić information content (AvgIpc) is 2.54. The van der Waals surface area contributed by atoms with E-state index in [1.54, 1.807) is 26.0 Å². The second-order valence-corrected chi connectivity index (χ2v) is 5.25. The number of carbonyl (C=O) groups excluding carboxylic acids is 3. The van der Waals surface area contributed by atoms with Crippen LogP contribution < -0.4 is 0 Å². The fourth-order valence-electron chi connectivity index (χ4n) is 1.96. The zero-order valence-corrected chi connectivity index (χ0v) is 14.0. The minimum Gasteiger partial charge on any atom is -0.465 e. The fraction of sp³-hybridized carbons (Fsp3) is 0.471. The summed E-state index contributed by atoms with van der Waals surface area (Å²) < 4.78 is 27.0. The third kappa shape index (κ3) is 5.33. The highest BCUT2D eigenvalue weighted by molar-refractivity contribution is 6.02. The molecule has 0 bridgehead atoms. The number of halogens is 1. The molecular formula is C17H21FO6. The molecule has 0 radical (unpaired) electrons. The molecule has 1 atom stereocenters. The lowest BCUT2D eigenvalue weighted by atomic mass is 9.84. The number of rotatable bonds is 7. The van der Waals surface area contributed by atoms with Crippen LogP contribution in [0.25, 0.3) is 0 Å². The van der Waals surface area contributed by atoms with Crippen molar-refractivity contribution in [2.45, 2.75) is 33.6 Å². The zero-order chi connectivity index (χ0) is 18.2. The minimum atomic E-state index is -1.67. The van der Waals surface area contributed by atoms with Crippen molar-refractivity contribution in [1.82, 2.24) is 0 Å². The molecule has 0 fully saturated rings. The van der Waals surface area contributed by atoms with E-state index >= 15 is 0 Å². The monoisotopic (exact) mass is 340 g/mol. The van der Waals surface area contributed by atoms with E-state index in [0.717, 1.165) is 5.56 Å². The molecule has 132 valence electrons. The van der Waals surface area contributed by atoms with E-state index in [0.29, 0.717) is 6.42 Å². The van der Waals surface area contributed by atoms with Gasteiger partial charge in [-0.1, -0.05) is 12.1 Å². The van der Waals surface area contributed by atoms with E-state index in [2.05, 4.69) is 9.47 Å². The first-order chi connectivity index (χ1) is 11.3. The van der Waals surface area contributed by atoms with E-state index in [-0.39, 0.29) is 25.5 Å². The first-order valence-electron chi connectivity index (χ1n) is 7.64. The van der Waals surface area contributed by atoms with Crippen molar-refractivity contribution in [3.05, 3.63) is 35.6 Å². The molecule has 6 nitrogen and oxygen atoms in total. The molecule has 24 heavy (non-hydrogen) atoms. The van der Waals surface area contributed by atoms with Gasteiger partial charge in [-0.05, 0) is 51.3 Å². The summed E-state index contributed by atoms with van der Waals surface area (Å²) in [4.78, 5) is 35.8. The maximum atomic E-state index is 12.9. The lowest BCUT2D eigenvalue weighted by Crippen LogP contribution is -2.41. The molecule has 7 heteroatoms. The molecule has 0 saturated carbocycles. The van der Waals surface area contributed by atoms with Crippen molar-refractivity contribution in [1.29, 1.82) is 0 Å². The Morgan fingerprint density at radius 2 is 1.58 bits per heavy atom. The Hall–Kier alpha value is -2.44. The van der Waals surface area contributed by atoms with Crippen LogP contribution in [0.5, 0.6) is 0 Å². The normalized spacial score (nSPS) is 12.8. The minimum absolute atomic E-state index is 0.0374. The highest BCUT2D eigenvalue weighted by Gasteiger charge is 2.45. The number of ether oxygens (including phenoxy) is 3. The van der Waals surface area contributed by atoms with E-state index in [4.69, 9.17) is 4.74 Å². The van der Waals surface area contributed by atoms with Crippen LogP contribution >= 0.6 is 0 Å². The molecule has 1 aromatic carbocycles. The lowest BCUT2D eigenvalue weighted by molar-refractivity contribution is -0.168. The number of esters is 2. The summed E-state index contributed by atoms with van der Waals surface area (Å²) in [7, 11) is 0. The van der Waals surface area contributed by atoms with Crippen LogP contribution in [-0.2, 0) is 30.2 Å². The van der Waals surface area contributed by atoms with Crippen LogP contribution in [-0.4, -0.2) is 31.3 Å². The number of benzene rings is 1. The van der Waals surface area contributed by atoms with Gasteiger partial charge >= 0.3 is 18.1 Å². The van der Waals surface area contributed by atoms with E-state index in [1.165, 1.54) is 19.1 Å². The Morgan fingerprint density at radius 3 is 2.12 bits per heavy atom. The Morgan fingerprint density at radius 1 is 1.00 bits per heavy atom. The van der Waals surface area contributed by atoms with Gasteiger partial charge in [0.2, 0.25) is 0 Å². The maximum Gasteiger partial charge on any atom is 0.516 e. The molecule has 1 rings (SSSR count). The molecule has 0 aromatic heterocycles. The van der Waals surface area contributed by atoms with Crippen LogP contribution in [0.3, 0.4) is 0 Å². The van der Waals surface area contributed by atoms with Crippen LogP contribution in [0.4, 0.5) is 9.18 Å². The first-order valence-corrected chi connectivity index (χ1v) is 7.64. The standard InChI is InChI=1S/C17H21FO6/c1-4-22-14(19)17(3,15(20)24-16(21)23-5-2)11-10-12-6-8-13(18)9-7-12/h6-9H,4-5,10-11H2,1-3H3. The summed E-state index contributed by atoms with van der Waals surface area (Å²) in [6, 6.07) is 5.68. The number of aryl methyl sites for hydroxylation is 1. The largest absolute Gasteiger partial charge is 0.516 e. The summed E-state index contributed by atoms with van der Waals surface area (Å²) in [5.74, 6) is -2.21. The lowest BCUT2D eigenvalue weighted by Gasteiger charge is -2.24. The van der Waals surface area contributed by atoms with Crippen molar-refractivity contribution in [2.24, 2.45) is 5.41 Å². The van der Waals surface area contributed by atoms with Gasteiger partial charge in [-0.25, -0.2) is 9.18 Å². The molecule has 0 heterocycles. The Balaban J connectivity index is 2.88. The average molecular weight is 340 g/mol. The Kier molecular flexibility index (Phi) is 7.35. The molecule has 1 aromatic rings. The number of hydrogen-bond donors (Lipinski definition) is 0. The van der Waals surface area contributed by atoms with E-state index in [9.17, 15) is 18.8 Å². The van der Waals surface area contributed by atoms with Gasteiger partial charge in [0.1, 0.15) is 5.82 Å². The van der Waals surface area contributed by atoms with Crippen molar-refractivity contribution in [3.8, 4) is 0 Å². The van der Waals surface area contributed by atoms with Crippen LogP contribution in [0.1, 0.15) is 32.8 Å². The second-order valence-electron chi connectivity index (χ2n) is 5.25. The van der Waals surface area contributed by atoms with Gasteiger partial charge in [0.25, 0.3) is 0 Å². The van der Waals surface area contributed by atoms with Gasteiger partial charge in [0, 0.05) is 0 Å². The molecule has 0 spiro atoms. The summed E-state index contributed by atoms with van der Waals surface area (Å²) >= 11 is 0. The molecule has 0 aliphatic heterocycles. The highest BCUT2D eigenvalue weighted by atomic mass is 19.1. The molecular weight excluding hydrogens is 319 g/mol. The fourth-order valence-corrected chi connectivity index (χ4v) is 1.96. The Labute approximate surface area is 139 Å². The summed E-state index contributed by atoms with van der Waals surface area (Å²) in [6.07, 6.45) is -0.830. The van der Waals surface area contributed by atoms with Crippen LogP contribution in [0.2, 0.25) is 0 Å².